The molecule has 278 valence electrons. The smallest absolute Gasteiger partial charge is 0.342 e. The summed E-state index contributed by atoms with van der Waals surface area (Å²) in [7, 11) is -10.0. The molecular formula is C44H22N4O8S2. The van der Waals surface area contributed by atoms with Gasteiger partial charge in [-0.15, -0.1) is 0 Å². The van der Waals surface area contributed by atoms with Gasteiger partial charge in [0, 0.05) is 43.1 Å². The Kier molecular flexibility index (Phi) is 5.77. The second kappa shape index (κ2) is 10.4. The number of amidine groups is 2. The van der Waals surface area contributed by atoms with Gasteiger partial charge in [-0.3, -0.25) is 18.9 Å². The lowest BCUT2D eigenvalue weighted by Crippen LogP contribution is -2.41. The summed E-state index contributed by atoms with van der Waals surface area (Å²) in [5, 5.41) is 10.6. The number of hydrogen-bond acceptors (Lipinski definition) is 10. The van der Waals surface area contributed by atoms with Crippen molar-refractivity contribution in [3.63, 3.8) is 0 Å². The van der Waals surface area contributed by atoms with Gasteiger partial charge >= 0.3 is 20.8 Å². The molecule has 0 saturated carbocycles. The molecule has 4 aliphatic heterocycles. The van der Waals surface area contributed by atoms with Gasteiger partial charge in [-0.1, -0.05) is 72.8 Å². The van der Waals surface area contributed by atoms with E-state index in [0.29, 0.717) is 55.6 Å². The van der Waals surface area contributed by atoms with Crippen LogP contribution in [0.5, 0.6) is 0 Å². The van der Waals surface area contributed by atoms with Gasteiger partial charge in [-0.2, -0.15) is 16.8 Å². The standard InChI is InChI=1S/C44H22N4O8S2/c49-57(50,51)55-43-29-19-15-25-26-16-20-30-40-28(42-46-32-10-2-6-22-8-4-12-34(36(22)32)48(42)44(30)56-58(52,53)54)18-14-24(38(26)40)23-13-17-27(39(29)37(23)25)41-45-31-9-1-5-21-7-3-11-33(35(21)31)47(41)43/h1-20H,(H,49,50,51)(H,52,53,54). The summed E-state index contributed by atoms with van der Waals surface area (Å²) in [4.78, 5) is 13.5. The molecule has 14 heteroatoms. The molecule has 13 rings (SSSR count). The monoisotopic (exact) mass is 798 g/mol. The number of fused-ring (bicyclic) bond motifs is 8. The predicted octanol–water partition coefficient (Wildman–Crippen LogP) is 7.64. The molecule has 9 aromatic carbocycles. The Hall–Kier alpha value is -7.10. The average molecular weight is 799 g/mol. The number of benzene rings is 9. The highest BCUT2D eigenvalue weighted by Crippen LogP contribution is 2.49. The normalized spacial score (nSPS) is 15.4. The van der Waals surface area contributed by atoms with E-state index in [1.807, 2.05) is 109 Å². The van der Waals surface area contributed by atoms with Crippen molar-refractivity contribution < 1.29 is 34.3 Å². The minimum absolute atomic E-state index is 0.109. The number of aliphatic imine (C=N–C) groups is 2. The second-order valence-electron chi connectivity index (χ2n) is 14.6. The van der Waals surface area contributed by atoms with Crippen molar-refractivity contribution in [1.82, 2.24) is 0 Å². The van der Waals surface area contributed by atoms with Crippen LogP contribution in [0, 0.1) is 0 Å². The number of nitrogens with zero attached hydrogens (tertiary/aromatic N) is 4. The summed E-state index contributed by atoms with van der Waals surface area (Å²) in [5.41, 5.74) is 4.18. The molecule has 0 saturated heterocycles. The van der Waals surface area contributed by atoms with Gasteiger partial charge in [0.25, 0.3) is 0 Å². The van der Waals surface area contributed by atoms with Crippen LogP contribution in [-0.2, 0) is 29.2 Å². The summed E-state index contributed by atoms with van der Waals surface area (Å²) in [6.45, 7) is 0. The zero-order chi connectivity index (χ0) is 39.0. The van der Waals surface area contributed by atoms with E-state index in [4.69, 9.17) is 18.4 Å². The quantitative estimate of drug-likeness (QED) is 0.103. The molecular weight excluding hydrogens is 777 g/mol. The fourth-order valence-electron chi connectivity index (χ4n) is 9.71. The van der Waals surface area contributed by atoms with Gasteiger partial charge in [0.05, 0.1) is 22.7 Å². The predicted molar refractivity (Wildman–Crippen MR) is 224 cm³/mol. The van der Waals surface area contributed by atoms with E-state index < -0.39 is 20.8 Å². The SMILES string of the molecule is O=S(=O)(O)OC1=c2ccc3c4ccc5c6c(ccc(c7ccc(c2c73)C2=Nc3cccc7cccc(c37)N21)c64)C1=Nc2cccc3cccc(c23)N1C=5OS(=O)(=O)O. The Morgan fingerprint density at radius 1 is 0.431 bits per heavy atom. The molecule has 0 fully saturated rings. The van der Waals surface area contributed by atoms with E-state index in [-0.39, 0.29) is 11.8 Å². The van der Waals surface area contributed by atoms with Crippen LogP contribution in [-0.4, -0.2) is 37.6 Å². The summed E-state index contributed by atoms with van der Waals surface area (Å²) in [6, 6.07) is 38.3. The van der Waals surface area contributed by atoms with Crippen molar-refractivity contribution in [2.75, 3.05) is 9.80 Å². The molecule has 0 radical (unpaired) electrons. The largest absolute Gasteiger partial charge is 0.447 e. The Morgan fingerprint density at radius 2 is 0.810 bits per heavy atom. The van der Waals surface area contributed by atoms with Crippen molar-refractivity contribution in [2.45, 2.75) is 0 Å². The summed E-state index contributed by atoms with van der Waals surface area (Å²) < 4.78 is 81.7. The Labute approximate surface area is 327 Å². The number of hydrogen-bond donors (Lipinski definition) is 2. The van der Waals surface area contributed by atoms with Gasteiger partial charge in [0.2, 0.25) is 11.8 Å². The lowest BCUT2D eigenvalue weighted by Gasteiger charge is -2.36. The minimum Gasteiger partial charge on any atom is -0.342 e. The summed E-state index contributed by atoms with van der Waals surface area (Å²) >= 11 is 0. The summed E-state index contributed by atoms with van der Waals surface area (Å²) in [5.74, 6) is 0.652. The van der Waals surface area contributed by atoms with Crippen molar-refractivity contribution in [1.29, 1.82) is 0 Å². The minimum atomic E-state index is -5.00. The molecule has 9 aromatic rings. The summed E-state index contributed by atoms with van der Waals surface area (Å²) in [6.07, 6.45) is 0. The fraction of sp³-hybridized carbons (Fsp3) is 0. The van der Waals surface area contributed by atoms with Crippen LogP contribution in [0.1, 0.15) is 11.1 Å². The van der Waals surface area contributed by atoms with Crippen molar-refractivity contribution >= 4 is 132 Å². The third kappa shape index (κ3) is 4.03. The van der Waals surface area contributed by atoms with Crippen molar-refractivity contribution in [3.8, 4) is 0 Å². The maximum absolute atomic E-state index is 12.6. The molecule has 0 aliphatic carbocycles. The lowest BCUT2D eigenvalue weighted by molar-refractivity contribution is 0.362. The number of rotatable bonds is 4. The van der Waals surface area contributed by atoms with Crippen LogP contribution in [0.15, 0.2) is 131 Å². The zero-order valence-corrected chi connectivity index (χ0v) is 31.1. The molecule has 0 spiro atoms. The average Bonchev–Trinajstić information content (AvgIpc) is 3.20. The van der Waals surface area contributed by atoms with E-state index in [2.05, 4.69) is 0 Å². The molecule has 2 N–H and O–H groups in total. The first kappa shape index (κ1) is 32.0. The highest BCUT2D eigenvalue weighted by atomic mass is 32.3. The maximum atomic E-state index is 12.6. The first-order valence-electron chi connectivity index (χ1n) is 18.1. The van der Waals surface area contributed by atoms with Crippen LogP contribution in [0.4, 0.5) is 22.7 Å². The van der Waals surface area contributed by atoms with Crippen LogP contribution < -0.4 is 20.2 Å². The first-order chi connectivity index (χ1) is 28.0. The molecule has 58 heavy (non-hydrogen) atoms. The lowest BCUT2D eigenvalue weighted by atomic mass is 9.84. The first-order valence-corrected chi connectivity index (χ1v) is 20.9. The van der Waals surface area contributed by atoms with E-state index >= 15 is 0 Å². The van der Waals surface area contributed by atoms with E-state index in [1.165, 1.54) is 0 Å². The second-order valence-corrected chi connectivity index (χ2v) is 16.7. The molecule has 0 bridgehead atoms. The third-order valence-electron chi connectivity index (χ3n) is 11.7. The van der Waals surface area contributed by atoms with Gasteiger partial charge in [0.15, 0.2) is 0 Å². The number of anilines is 2. The van der Waals surface area contributed by atoms with Crippen LogP contribution >= 0.6 is 0 Å². The molecule has 4 heterocycles. The van der Waals surface area contributed by atoms with Crippen LogP contribution in [0.25, 0.3) is 76.4 Å². The molecule has 0 aromatic heterocycles. The third-order valence-corrected chi connectivity index (χ3v) is 12.4. The van der Waals surface area contributed by atoms with Gasteiger partial charge in [-0.05, 0) is 91.6 Å². The zero-order valence-electron chi connectivity index (χ0n) is 29.5. The maximum Gasteiger partial charge on any atom is 0.447 e. The Morgan fingerprint density at radius 3 is 1.21 bits per heavy atom. The van der Waals surface area contributed by atoms with E-state index in [1.54, 1.807) is 21.9 Å². The van der Waals surface area contributed by atoms with Gasteiger partial charge in [-0.25, -0.2) is 9.98 Å². The van der Waals surface area contributed by atoms with E-state index in [0.717, 1.165) is 65.0 Å². The van der Waals surface area contributed by atoms with E-state index in [9.17, 15) is 25.9 Å². The molecule has 12 nitrogen and oxygen atoms in total. The van der Waals surface area contributed by atoms with Gasteiger partial charge in [0.1, 0.15) is 11.7 Å². The van der Waals surface area contributed by atoms with Crippen molar-refractivity contribution in [3.05, 3.63) is 143 Å². The van der Waals surface area contributed by atoms with Crippen LogP contribution in [0.3, 0.4) is 0 Å². The molecule has 0 amide bonds. The topological polar surface area (TPSA) is 158 Å². The molecule has 0 unspecified atom stereocenters. The molecule has 0 atom stereocenters. The fourth-order valence-corrected chi connectivity index (χ4v) is 10.4. The van der Waals surface area contributed by atoms with Gasteiger partial charge < -0.3 is 8.37 Å². The van der Waals surface area contributed by atoms with Crippen molar-refractivity contribution in [2.24, 2.45) is 9.98 Å². The Bertz CT molecular complexity index is 3650. The highest BCUT2D eigenvalue weighted by molar-refractivity contribution is 7.81. The Balaban J connectivity index is 1.18. The highest BCUT2D eigenvalue weighted by Gasteiger charge is 2.38. The molecule has 4 aliphatic rings. The van der Waals surface area contributed by atoms with Crippen LogP contribution in [0.2, 0.25) is 0 Å².